The number of amides is 1. The van der Waals surface area contributed by atoms with Crippen molar-refractivity contribution in [3.8, 4) is 5.75 Å². The Balaban J connectivity index is 1.91. The second kappa shape index (κ2) is 6.60. The number of hydrogen-bond donors (Lipinski definition) is 2. The molecule has 0 atom stereocenters. The Kier molecular flexibility index (Phi) is 4.84. The zero-order valence-electron chi connectivity index (χ0n) is 11.0. The van der Waals surface area contributed by atoms with E-state index in [2.05, 4.69) is 27.9 Å². The van der Waals surface area contributed by atoms with Gasteiger partial charge in [-0.1, -0.05) is 12.1 Å². The summed E-state index contributed by atoms with van der Waals surface area (Å²) in [5.41, 5.74) is 8.10. The number of nitrogen functional groups attached to an aromatic ring is 1. The van der Waals surface area contributed by atoms with Crippen LogP contribution in [-0.2, 0) is 4.79 Å². The number of halogens is 1. The summed E-state index contributed by atoms with van der Waals surface area (Å²) in [5.74, 6) is 0.461. The van der Waals surface area contributed by atoms with Crippen molar-refractivity contribution in [1.82, 2.24) is 0 Å². The maximum absolute atomic E-state index is 11.8. The van der Waals surface area contributed by atoms with Gasteiger partial charge in [0.2, 0.25) is 0 Å². The van der Waals surface area contributed by atoms with Crippen molar-refractivity contribution in [2.24, 2.45) is 0 Å². The predicted molar refractivity (Wildman–Crippen MR) is 88.9 cm³/mol. The van der Waals surface area contributed by atoms with Gasteiger partial charge in [0, 0.05) is 14.9 Å². The van der Waals surface area contributed by atoms with Crippen molar-refractivity contribution in [2.75, 3.05) is 17.7 Å². The van der Waals surface area contributed by atoms with Gasteiger partial charge in [0.05, 0.1) is 0 Å². The van der Waals surface area contributed by atoms with Crippen molar-refractivity contribution < 1.29 is 9.53 Å². The van der Waals surface area contributed by atoms with Crippen LogP contribution < -0.4 is 15.8 Å². The van der Waals surface area contributed by atoms with Crippen LogP contribution in [0.5, 0.6) is 5.75 Å². The standard InChI is InChI=1S/C15H15IN2O2/c1-10-5-6-12(8-14(10)17)18-15(19)9-20-13-4-2-3-11(16)7-13/h2-8H,9,17H2,1H3,(H,18,19). The zero-order valence-corrected chi connectivity index (χ0v) is 13.2. The summed E-state index contributed by atoms with van der Waals surface area (Å²) in [5, 5.41) is 2.75. The quantitative estimate of drug-likeness (QED) is 0.631. The van der Waals surface area contributed by atoms with Gasteiger partial charge in [0.1, 0.15) is 5.75 Å². The first-order chi connectivity index (χ1) is 9.54. The zero-order chi connectivity index (χ0) is 14.5. The predicted octanol–water partition coefficient (Wildman–Crippen LogP) is 3.20. The lowest BCUT2D eigenvalue weighted by molar-refractivity contribution is -0.118. The number of ether oxygens (including phenoxy) is 1. The maximum atomic E-state index is 11.8. The van der Waals surface area contributed by atoms with E-state index in [4.69, 9.17) is 10.5 Å². The lowest BCUT2D eigenvalue weighted by atomic mass is 10.2. The third-order valence-electron chi connectivity index (χ3n) is 2.73. The van der Waals surface area contributed by atoms with Gasteiger partial charge in [-0.2, -0.15) is 0 Å². The molecule has 20 heavy (non-hydrogen) atoms. The molecule has 0 fully saturated rings. The largest absolute Gasteiger partial charge is 0.484 e. The molecule has 0 spiro atoms. The average Bonchev–Trinajstić information content (AvgIpc) is 2.41. The molecule has 0 aromatic heterocycles. The molecular weight excluding hydrogens is 367 g/mol. The molecule has 1 amide bonds. The van der Waals surface area contributed by atoms with Crippen LogP contribution in [-0.4, -0.2) is 12.5 Å². The molecule has 2 aromatic rings. The number of rotatable bonds is 4. The fourth-order valence-electron chi connectivity index (χ4n) is 1.62. The average molecular weight is 382 g/mol. The minimum absolute atomic E-state index is 0.0339. The number of aryl methyl sites for hydroxylation is 1. The highest BCUT2D eigenvalue weighted by Gasteiger charge is 2.05. The van der Waals surface area contributed by atoms with Gasteiger partial charge in [0.25, 0.3) is 5.91 Å². The van der Waals surface area contributed by atoms with E-state index >= 15 is 0 Å². The molecule has 3 N–H and O–H groups in total. The van der Waals surface area contributed by atoms with Gasteiger partial charge in [-0.3, -0.25) is 4.79 Å². The van der Waals surface area contributed by atoms with Crippen LogP contribution in [0, 0.1) is 10.5 Å². The summed E-state index contributed by atoms with van der Waals surface area (Å²) < 4.78 is 6.49. The summed E-state index contributed by atoms with van der Waals surface area (Å²) in [7, 11) is 0. The molecule has 0 aliphatic carbocycles. The molecule has 104 valence electrons. The van der Waals surface area contributed by atoms with Crippen molar-refractivity contribution in [3.05, 3.63) is 51.6 Å². The second-order valence-electron chi connectivity index (χ2n) is 4.37. The van der Waals surface area contributed by atoms with Gasteiger partial charge < -0.3 is 15.8 Å². The van der Waals surface area contributed by atoms with Crippen LogP contribution in [0.25, 0.3) is 0 Å². The van der Waals surface area contributed by atoms with E-state index < -0.39 is 0 Å². The molecule has 2 rings (SSSR count). The van der Waals surface area contributed by atoms with Crippen LogP contribution in [0.4, 0.5) is 11.4 Å². The molecule has 0 aliphatic heterocycles. The van der Waals surface area contributed by atoms with Crippen LogP contribution >= 0.6 is 22.6 Å². The highest BCUT2D eigenvalue weighted by Crippen LogP contribution is 2.17. The van der Waals surface area contributed by atoms with Crippen LogP contribution in [0.1, 0.15) is 5.56 Å². The molecule has 2 aromatic carbocycles. The van der Waals surface area contributed by atoms with Crippen molar-refractivity contribution in [2.45, 2.75) is 6.92 Å². The number of benzene rings is 2. The van der Waals surface area contributed by atoms with E-state index in [0.717, 1.165) is 9.13 Å². The van der Waals surface area contributed by atoms with Crippen LogP contribution in [0.2, 0.25) is 0 Å². The third-order valence-corrected chi connectivity index (χ3v) is 3.40. The van der Waals surface area contributed by atoms with E-state index in [1.165, 1.54) is 0 Å². The Bertz CT molecular complexity index is 629. The summed E-state index contributed by atoms with van der Waals surface area (Å²) >= 11 is 2.19. The number of carbonyl (C=O) groups is 1. The van der Waals surface area contributed by atoms with E-state index in [-0.39, 0.29) is 12.5 Å². The number of nitrogens with two attached hydrogens (primary N) is 1. The first-order valence-electron chi connectivity index (χ1n) is 6.09. The van der Waals surface area contributed by atoms with Crippen LogP contribution in [0.3, 0.4) is 0 Å². The smallest absolute Gasteiger partial charge is 0.262 e. The lowest BCUT2D eigenvalue weighted by Crippen LogP contribution is -2.20. The summed E-state index contributed by atoms with van der Waals surface area (Å²) in [4.78, 5) is 11.8. The number of anilines is 2. The van der Waals surface area contributed by atoms with Crippen molar-refractivity contribution >= 4 is 39.9 Å². The highest BCUT2D eigenvalue weighted by atomic mass is 127. The Morgan fingerprint density at radius 3 is 2.80 bits per heavy atom. The molecule has 4 nitrogen and oxygen atoms in total. The maximum Gasteiger partial charge on any atom is 0.262 e. The summed E-state index contributed by atoms with van der Waals surface area (Å²) in [6.45, 7) is 1.88. The molecule has 0 saturated carbocycles. The van der Waals surface area contributed by atoms with E-state index in [0.29, 0.717) is 17.1 Å². The Morgan fingerprint density at radius 2 is 2.10 bits per heavy atom. The fourth-order valence-corrected chi connectivity index (χ4v) is 2.14. The molecule has 0 bridgehead atoms. The molecule has 0 saturated heterocycles. The Labute approximate surface area is 131 Å². The number of carbonyl (C=O) groups excluding carboxylic acids is 1. The molecular formula is C15H15IN2O2. The Hall–Kier alpha value is -1.76. The molecule has 5 heteroatoms. The van der Waals surface area contributed by atoms with E-state index in [9.17, 15) is 4.79 Å². The third kappa shape index (κ3) is 4.12. The summed E-state index contributed by atoms with van der Waals surface area (Å²) in [6, 6.07) is 13.0. The first-order valence-corrected chi connectivity index (χ1v) is 7.17. The molecule has 0 heterocycles. The van der Waals surface area contributed by atoms with Gasteiger partial charge in [-0.05, 0) is 65.4 Å². The monoisotopic (exact) mass is 382 g/mol. The Morgan fingerprint density at radius 1 is 1.30 bits per heavy atom. The number of hydrogen-bond acceptors (Lipinski definition) is 3. The van der Waals surface area contributed by atoms with E-state index in [1.807, 2.05) is 43.3 Å². The minimum Gasteiger partial charge on any atom is -0.484 e. The van der Waals surface area contributed by atoms with Gasteiger partial charge in [-0.15, -0.1) is 0 Å². The molecule has 0 aliphatic rings. The number of nitrogens with one attached hydrogen (secondary N) is 1. The topological polar surface area (TPSA) is 64.3 Å². The van der Waals surface area contributed by atoms with Gasteiger partial charge in [-0.25, -0.2) is 0 Å². The van der Waals surface area contributed by atoms with Crippen molar-refractivity contribution in [1.29, 1.82) is 0 Å². The van der Waals surface area contributed by atoms with Crippen LogP contribution in [0.15, 0.2) is 42.5 Å². The second-order valence-corrected chi connectivity index (χ2v) is 5.61. The molecule has 0 radical (unpaired) electrons. The van der Waals surface area contributed by atoms with Gasteiger partial charge in [0.15, 0.2) is 6.61 Å². The van der Waals surface area contributed by atoms with E-state index in [1.54, 1.807) is 6.07 Å². The lowest BCUT2D eigenvalue weighted by Gasteiger charge is -2.09. The highest BCUT2D eigenvalue weighted by molar-refractivity contribution is 14.1. The minimum atomic E-state index is -0.216. The van der Waals surface area contributed by atoms with Crippen molar-refractivity contribution in [3.63, 3.8) is 0 Å². The normalized spacial score (nSPS) is 10.1. The fraction of sp³-hybridized carbons (Fsp3) is 0.133. The van der Waals surface area contributed by atoms with Gasteiger partial charge >= 0.3 is 0 Å². The SMILES string of the molecule is Cc1ccc(NC(=O)COc2cccc(I)c2)cc1N. The first kappa shape index (κ1) is 14.6. The summed E-state index contributed by atoms with van der Waals surface area (Å²) in [6.07, 6.45) is 0. The molecule has 0 unspecified atom stereocenters.